The molecule has 0 spiro atoms. The lowest BCUT2D eigenvalue weighted by Gasteiger charge is -2.10. The summed E-state index contributed by atoms with van der Waals surface area (Å²) in [4.78, 5) is 23.2. The molecular weight excluding hydrogens is 508 g/mol. The van der Waals surface area contributed by atoms with Gasteiger partial charge in [-0.3, -0.25) is 19.5 Å². The number of aromatic nitrogens is 3. The summed E-state index contributed by atoms with van der Waals surface area (Å²) in [5.41, 5.74) is 3.44. The molecule has 2 aromatic heterocycles. The summed E-state index contributed by atoms with van der Waals surface area (Å²) >= 11 is 2.29. The Bertz CT molecular complexity index is 1150. The zero-order valence-corrected chi connectivity index (χ0v) is 22.8. The van der Waals surface area contributed by atoms with Crippen LogP contribution in [-0.4, -0.2) is 37.6 Å². The molecule has 0 atom stereocenters. The second-order valence-corrected chi connectivity index (χ2v) is 10.7. The van der Waals surface area contributed by atoms with E-state index in [0.29, 0.717) is 10.0 Å². The molecule has 11 heteroatoms. The Hall–Kier alpha value is -3.05. The minimum atomic E-state index is -0.454. The van der Waals surface area contributed by atoms with Gasteiger partial charge >= 0.3 is 5.00 Å². The maximum Gasteiger partial charge on any atom is 0.324 e. The summed E-state index contributed by atoms with van der Waals surface area (Å²) in [6.07, 6.45) is 13.6. The number of nitro groups is 1. The van der Waals surface area contributed by atoms with Gasteiger partial charge in [0.05, 0.1) is 21.8 Å². The van der Waals surface area contributed by atoms with Gasteiger partial charge in [-0.1, -0.05) is 99.6 Å². The number of amides is 1. The average Bonchev–Trinajstić information content (AvgIpc) is 3.54. The number of carbonyl (C=O) groups excluding carboxylic acids is 1. The van der Waals surface area contributed by atoms with Crippen molar-refractivity contribution in [2.45, 2.75) is 76.3 Å². The maximum atomic E-state index is 12.3. The number of hydrogen-bond donors (Lipinski definition) is 1. The summed E-state index contributed by atoms with van der Waals surface area (Å²) in [5, 5.41) is 24.2. The average molecular weight is 543 g/mol. The van der Waals surface area contributed by atoms with E-state index in [4.69, 9.17) is 0 Å². The second kappa shape index (κ2) is 15.9. The van der Waals surface area contributed by atoms with E-state index in [0.717, 1.165) is 35.7 Å². The number of thioether (sulfide) groups is 1. The monoisotopic (exact) mass is 542 g/mol. The van der Waals surface area contributed by atoms with E-state index in [-0.39, 0.29) is 16.7 Å². The number of carbonyl (C=O) groups is 1. The van der Waals surface area contributed by atoms with Gasteiger partial charge in [0.1, 0.15) is 5.82 Å². The van der Waals surface area contributed by atoms with Crippen LogP contribution in [0.1, 0.15) is 75.4 Å². The SMILES string of the molecule is CCCCCCCCCCCc1nnc(SCC(=O)N/N=C/c2ccc([N+](=O)[O-])s2)n1-c1ccccc1. The van der Waals surface area contributed by atoms with Gasteiger partial charge in [-0.2, -0.15) is 5.10 Å². The Balaban J connectivity index is 1.50. The highest BCUT2D eigenvalue weighted by Crippen LogP contribution is 2.24. The van der Waals surface area contributed by atoms with Crippen LogP contribution in [0.15, 0.2) is 52.7 Å². The number of hydrazone groups is 1. The highest BCUT2D eigenvalue weighted by Gasteiger charge is 2.15. The summed E-state index contributed by atoms with van der Waals surface area (Å²) in [6, 6.07) is 12.9. The molecule has 0 aliphatic carbocycles. The zero-order valence-electron chi connectivity index (χ0n) is 21.2. The Morgan fingerprint density at radius 3 is 2.43 bits per heavy atom. The van der Waals surface area contributed by atoms with Crippen molar-refractivity contribution in [2.24, 2.45) is 5.10 Å². The molecule has 0 radical (unpaired) electrons. The van der Waals surface area contributed by atoms with Crippen LogP contribution in [0.3, 0.4) is 0 Å². The number of nitrogens with zero attached hydrogens (tertiary/aromatic N) is 5. The molecule has 2 heterocycles. The Morgan fingerprint density at radius 1 is 1.05 bits per heavy atom. The lowest BCUT2D eigenvalue weighted by molar-refractivity contribution is -0.380. The molecule has 1 N–H and O–H groups in total. The third-order valence-electron chi connectivity index (χ3n) is 5.72. The van der Waals surface area contributed by atoms with E-state index >= 15 is 0 Å². The maximum absolute atomic E-state index is 12.3. The molecular formula is C26H34N6O3S2. The van der Waals surface area contributed by atoms with Gasteiger partial charge in [0, 0.05) is 18.2 Å². The fourth-order valence-corrected chi connectivity index (χ4v) is 5.28. The third-order valence-corrected chi connectivity index (χ3v) is 7.63. The Kier molecular flexibility index (Phi) is 12.3. The molecule has 0 saturated carbocycles. The van der Waals surface area contributed by atoms with Gasteiger partial charge in [-0.25, -0.2) is 5.43 Å². The van der Waals surface area contributed by atoms with E-state index in [1.54, 1.807) is 6.07 Å². The lowest BCUT2D eigenvalue weighted by Crippen LogP contribution is -2.19. The summed E-state index contributed by atoms with van der Waals surface area (Å²) in [6.45, 7) is 2.24. The molecule has 0 unspecified atom stereocenters. The van der Waals surface area contributed by atoms with Crippen LogP contribution in [0.5, 0.6) is 0 Å². The molecule has 9 nitrogen and oxygen atoms in total. The third kappa shape index (κ3) is 9.73. The van der Waals surface area contributed by atoms with Crippen molar-refractivity contribution in [3.63, 3.8) is 0 Å². The fraction of sp³-hybridized carbons (Fsp3) is 0.462. The van der Waals surface area contributed by atoms with E-state index in [9.17, 15) is 14.9 Å². The number of nitrogens with one attached hydrogen (secondary N) is 1. The number of rotatable bonds is 17. The number of para-hydroxylation sites is 1. The molecule has 0 aliphatic rings. The van der Waals surface area contributed by atoms with Crippen LogP contribution in [-0.2, 0) is 11.2 Å². The highest BCUT2D eigenvalue weighted by atomic mass is 32.2. The molecule has 37 heavy (non-hydrogen) atoms. The van der Waals surface area contributed by atoms with E-state index < -0.39 is 4.92 Å². The number of benzene rings is 1. The van der Waals surface area contributed by atoms with Crippen molar-refractivity contribution >= 4 is 40.2 Å². The van der Waals surface area contributed by atoms with Crippen molar-refractivity contribution in [2.75, 3.05) is 5.75 Å². The summed E-state index contributed by atoms with van der Waals surface area (Å²) in [7, 11) is 0. The Labute approximate surface area is 225 Å². The first-order valence-electron chi connectivity index (χ1n) is 12.8. The molecule has 1 aromatic carbocycles. The van der Waals surface area contributed by atoms with Crippen molar-refractivity contribution < 1.29 is 9.72 Å². The van der Waals surface area contributed by atoms with Gasteiger partial charge < -0.3 is 0 Å². The van der Waals surface area contributed by atoms with Crippen LogP contribution in [0.4, 0.5) is 5.00 Å². The number of thiophene rings is 1. The van der Waals surface area contributed by atoms with Gasteiger partial charge in [-0.15, -0.1) is 10.2 Å². The van der Waals surface area contributed by atoms with Gasteiger partial charge in [-0.05, 0) is 24.6 Å². The minimum Gasteiger partial charge on any atom is -0.274 e. The first-order chi connectivity index (χ1) is 18.1. The molecule has 0 bridgehead atoms. The fourth-order valence-electron chi connectivity index (χ4n) is 3.83. The largest absolute Gasteiger partial charge is 0.324 e. The second-order valence-electron chi connectivity index (χ2n) is 8.66. The smallest absolute Gasteiger partial charge is 0.274 e. The van der Waals surface area contributed by atoms with Crippen LogP contribution in [0, 0.1) is 10.1 Å². The van der Waals surface area contributed by atoms with E-state index in [2.05, 4.69) is 27.6 Å². The zero-order chi connectivity index (χ0) is 26.3. The van der Waals surface area contributed by atoms with E-state index in [1.165, 1.54) is 75.4 Å². The quantitative estimate of drug-likeness (QED) is 0.0680. The lowest BCUT2D eigenvalue weighted by atomic mass is 10.1. The van der Waals surface area contributed by atoms with Crippen molar-refractivity contribution in [3.8, 4) is 5.69 Å². The first kappa shape index (κ1) is 28.5. The number of unbranched alkanes of at least 4 members (excludes halogenated alkanes) is 8. The van der Waals surface area contributed by atoms with Crippen molar-refractivity contribution in [3.05, 3.63) is 63.3 Å². The van der Waals surface area contributed by atoms with Gasteiger partial charge in [0.2, 0.25) is 0 Å². The first-order valence-corrected chi connectivity index (χ1v) is 14.6. The van der Waals surface area contributed by atoms with Crippen LogP contribution < -0.4 is 5.43 Å². The summed E-state index contributed by atoms with van der Waals surface area (Å²) in [5.74, 6) is 0.718. The molecule has 3 aromatic rings. The van der Waals surface area contributed by atoms with E-state index in [1.807, 2.05) is 34.9 Å². The minimum absolute atomic E-state index is 0.0294. The predicted octanol–water partition coefficient (Wildman–Crippen LogP) is 6.55. The van der Waals surface area contributed by atoms with Crippen LogP contribution >= 0.6 is 23.1 Å². The summed E-state index contributed by atoms with van der Waals surface area (Å²) < 4.78 is 2.02. The van der Waals surface area contributed by atoms with Crippen LogP contribution in [0.2, 0.25) is 0 Å². The van der Waals surface area contributed by atoms with Crippen molar-refractivity contribution in [1.82, 2.24) is 20.2 Å². The topological polar surface area (TPSA) is 115 Å². The molecule has 0 fully saturated rings. The standard InChI is InChI=1S/C26H34N6O3S2/c1-2-3-4-5-6-7-8-9-13-16-23-28-30-26(31(23)21-14-11-10-12-15-21)36-20-24(33)29-27-19-22-17-18-25(37-22)32(34)35/h10-12,14-15,17-19H,2-9,13,16,20H2,1H3,(H,29,33)/b27-19+. The number of aryl methyl sites for hydroxylation is 1. The Morgan fingerprint density at radius 2 is 1.76 bits per heavy atom. The van der Waals surface area contributed by atoms with Gasteiger partial charge in [0.25, 0.3) is 5.91 Å². The normalized spacial score (nSPS) is 11.3. The predicted molar refractivity (Wildman–Crippen MR) is 150 cm³/mol. The molecule has 0 saturated heterocycles. The molecule has 198 valence electrons. The molecule has 1 amide bonds. The van der Waals surface area contributed by atoms with Crippen LogP contribution in [0.25, 0.3) is 5.69 Å². The highest BCUT2D eigenvalue weighted by molar-refractivity contribution is 7.99. The van der Waals surface area contributed by atoms with Crippen molar-refractivity contribution in [1.29, 1.82) is 0 Å². The molecule has 3 rings (SSSR count). The number of hydrogen-bond acceptors (Lipinski definition) is 8. The molecule has 0 aliphatic heterocycles. The van der Waals surface area contributed by atoms with Gasteiger partial charge in [0.15, 0.2) is 5.16 Å².